The summed E-state index contributed by atoms with van der Waals surface area (Å²) in [6.45, 7) is 0. The van der Waals surface area contributed by atoms with Gasteiger partial charge in [-0.1, -0.05) is 18.2 Å². The SMILES string of the molecule is CSc1ccc2c(c1)[C@H](c1ccc(F)cc1)C[C@H]2O. The van der Waals surface area contributed by atoms with Crippen LogP contribution in [0, 0.1) is 5.82 Å². The molecule has 2 aromatic carbocycles. The molecule has 3 heteroatoms. The van der Waals surface area contributed by atoms with Gasteiger partial charge >= 0.3 is 0 Å². The first kappa shape index (κ1) is 12.7. The average Bonchev–Trinajstić information content (AvgIpc) is 2.76. The molecule has 0 radical (unpaired) electrons. The minimum absolute atomic E-state index is 0.165. The van der Waals surface area contributed by atoms with E-state index in [2.05, 4.69) is 6.07 Å². The summed E-state index contributed by atoms with van der Waals surface area (Å²) >= 11 is 1.69. The molecule has 98 valence electrons. The van der Waals surface area contributed by atoms with Gasteiger partial charge in [0.15, 0.2) is 0 Å². The Morgan fingerprint density at radius 3 is 2.53 bits per heavy atom. The highest BCUT2D eigenvalue weighted by Crippen LogP contribution is 2.45. The summed E-state index contributed by atoms with van der Waals surface area (Å²) in [4.78, 5) is 1.19. The summed E-state index contributed by atoms with van der Waals surface area (Å²) in [5.41, 5.74) is 3.25. The molecule has 0 bridgehead atoms. The lowest BCUT2D eigenvalue weighted by Crippen LogP contribution is -1.96. The van der Waals surface area contributed by atoms with Gasteiger partial charge in [0, 0.05) is 10.8 Å². The van der Waals surface area contributed by atoms with Crippen molar-refractivity contribution in [3.05, 3.63) is 65.0 Å². The van der Waals surface area contributed by atoms with E-state index in [-0.39, 0.29) is 11.7 Å². The molecule has 0 heterocycles. The summed E-state index contributed by atoms with van der Waals surface area (Å²) in [7, 11) is 0. The van der Waals surface area contributed by atoms with Gasteiger partial charge < -0.3 is 5.11 Å². The molecule has 1 aliphatic rings. The topological polar surface area (TPSA) is 20.2 Å². The molecule has 0 saturated heterocycles. The van der Waals surface area contributed by atoms with Crippen LogP contribution in [0.2, 0.25) is 0 Å². The van der Waals surface area contributed by atoms with Gasteiger partial charge in [-0.05, 0) is 53.6 Å². The lowest BCUT2D eigenvalue weighted by atomic mass is 9.93. The maximum atomic E-state index is 13.0. The van der Waals surface area contributed by atoms with Crippen molar-refractivity contribution in [3.63, 3.8) is 0 Å². The molecule has 2 atom stereocenters. The van der Waals surface area contributed by atoms with E-state index in [1.54, 1.807) is 11.8 Å². The van der Waals surface area contributed by atoms with Gasteiger partial charge in [0.25, 0.3) is 0 Å². The normalized spacial score (nSPS) is 21.4. The number of halogens is 1. The third-order valence-corrected chi connectivity index (χ3v) is 4.49. The van der Waals surface area contributed by atoms with Crippen LogP contribution < -0.4 is 0 Å². The summed E-state index contributed by atoms with van der Waals surface area (Å²) < 4.78 is 13.0. The molecule has 1 nitrogen and oxygen atoms in total. The second kappa shape index (κ2) is 4.99. The highest BCUT2D eigenvalue weighted by molar-refractivity contribution is 7.98. The first-order chi connectivity index (χ1) is 9.19. The lowest BCUT2D eigenvalue weighted by Gasteiger charge is -2.12. The Hall–Kier alpha value is -1.32. The molecular weight excluding hydrogens is 259 g/mol. The zero-order valence-corrected chi connectivity index (χ0v) is 11.5. The molecular formula is C16H15FOS. The van der Waals surface area contributed by atoms with Crippen molar-refractivity contribution in [2.75, 3.05) is 6.26 Å². The van der Waals surface area contributed by atoms with E-state index in [4.69, 9.17) is 0 Å². The van der Waals surface area contributed by atoms with Crippen LogP contribution in [0.3, 0.4) is 0 Å². The molecule has 0 aliphatic heterocycles. The number of aliphatic hydroxyl groups excluding tert-OH is 1. The van der Waals surface area contributed by atoms with Crippen LogP contribution in [-0.4, -0.2) is 11.4 Å². The first-order valence-corrected chi connectivity index (χ1v) is 7.53. The molecule has 1 N–H and O–H groups in total. The van der Waals surface area contributed by atoms with Crippen LogP contribution >= 0.6 is 11.8 Å². The van der Waals surface area contributed by atoms with Crippen molar-refractivity contribution in [2.45, 2.75) is 23.3 Å². The van der Waals surface area contributed by atoms with Gasteiger partial charge in [0.05, 0.1) is 6.10 Å². The minimum Gasteiger partial charge on any atom is -0.388 e. The van der Waals surface area contributed by atoms with E-state index in [1.165, 1.54) is 22.6 Å². The van der Waals surface area contributed by atoms with Crippen molar-refractivity contribution in [3.8, 4) is 0 Å². The number of hydrogen-bond acceptors (Lipinski definition) is 2. The second-order valence-corrected chi connectivity index (χ2v) is 5.73. The smallest absolute Gasteiger partial charge is 0.123 e. The van der Waals surface area contributed by atoms with Crippen molar-refractivity contribution in [2.24, 2.45) is 0 Å². The van der Waals surface area contributed by atoms with Crippen molar-refractivity contribution < 1.29 is 9.50 Å². The molecule has 0 spiro atoms. The Morgan fingerprint density at radius 1 is 1.11 bits per heavy atom. The van der Waals surface area contributed by atoms with Gasteiger partial charge in [-0.25, -0.2) is 4.39 Å². The van der Waals surface area contributed by atoms with Gasteiger partial charge in [-0.2, -0.15) is 0 Å². The number of benzene rings is 2. The highest BCUT2D eigenvalue weighted by Gasteiger charge is 2.30. The van der Waals surface area contributed by atoms with Gasteiger partial charge in [-0.3, -0.25) is 0 Å². The zero-order valence-electron chi connectivity index (χ0n) is 10.6. The summed E-state index contributed by atoms with van der Waals surface area (Å²) in [5, 5.41) is 10.2. The third kappa shape index (κ3) is 2.28. The fourth-order valence-electron chi connectivity index (χ4n) is 2.77. The fourth-order valence-corrected chi connectivity index (χ4v) is 3.22. The Balaban J connectivity index is 2.04. The molecule has 0 fully saturated rings. The predicted octanol–water partition coefficient (Wildman–Crippen LogP) is 4.12. The van der Waals surface area contributed by atoms with Crippen LogP contribution in [0.1, 0.15) is 35.1 Å². The third-order valence-electron chi connectivity index (χ3n) is 3.76. The van der Waals surface area contributed by atoms with E-state index < -0.39 is 6.10 Å². The molecule has 2 aromatic rings. The Bertz CT molecular complexity index is 594. The van der Waals surface area contributed by atoms with E-state index in [0.717, 1.165) is 11.1 Å². The Labute approximate surface area is 116 Å². The summed E-state index contributed by atoms with van der Waals surface area (Å²) in [6, 6.07) is 12.8. The standard InChI is InChI=1S/C16H15FOS/c1-19-12-6-7-13-15(8-12)14(9-16(13)18)10-2-4-11(17)5-3-10/h2-8,14,16,18H,9H2,1H3/t14-,16+/m0/s1. The van der Waals surface area contributed by atoms with Gasteiger partial charge in [0.2, 0.25) is 0 Å². The summed E-state index contributed by atoms with van der Waals surface area (Å²) in [6.07, 6.45) is 2.31. The minimum atomic E-state index is -0.416. The number of fused-ring (bicyclic) bond motifs is 1. The maximum absolute atomic E-state index is 13.0. The lowest BCUT2D eigenvalue weighted by molar-refractivity contribution is 0.176. The molecule has 0 saturated carbocycles. The van der Waals surface area contributed by atoms with E-state index in [0.29, 0.717) is 6.42 Å². The zero-order chi connectivity index (χ0) is 13.4. The molecule has 1 aliphatic carbocycles. The van der Waals surface area contributed by atoms with E-state index in [1.807, 2.05) is 30.5 Å². The maximum Gasteiger partial charge on any atom is 0.123 e. The number of aliphatic hydroxyl groups is 1. The number of hydrogen-bond donors (Lipinski definition) is 1. The Morgan fingerprint density at radius 2 is 1.84 bits per heavy atom. The van der Waals surface area contributed by atoms with Crippen molar-refractivity contribution >= 4 is 11.8 Å². The molecule has 0 aromatic heterocycles. The molecule has 19 heavy (non-hydrogen) atoms. The van der Waals surface area contributed by atoms with Crippen LogP contribution in [0.5, 0.6) is 0 Å². The van der Waals surface area contributed by atoms with Crippen molar-refractivity contribution in [1.29, 1.82) is 0 Å². The number of rotatable bonds is 2. The monoisotopic (exact) mass is 274 g/mol. The quantitative estimate of drug-likeness (QED) is 0.831. The van der Waals surface area contributed by atoms with Crippen LogP contribution in [0.15, 0.2) is 47.4 Å². The van der Waals surface area contributed by atoms with Gasteiger partial charge in [0.1, 0.15) is 5.82 Å². The Kier molecular flexibility index (Phi) is 3.33. The van der Waals surface area contributed by atoms with E-state index in [9.17, 15) is 9.50 Å². The van der Waals surface area contributed by atoms with E-state index >= 15 is 0 Å². The largest absolute Gasteiger partial charge is 0.388 e. The van der Waals surface area contributed by atoms with Crippen LogP contribution in [-0.2, 0) is 0 Å². The van der Waals surface area contributed by atoms with Crippen LogP contribution in [0.4, 0.5) is 4.39 Å². The summed E-state index contributed by atoms with van der Waals surface area (Å²) in [5.74, 6) is -0.0573. The number of thioether (sulfide) groups is 1. The fraction of sp³-hybridized carbons (Fsp3) is 0.250. The predicted molar refractivity (Wildman–Crippen MR) is 76.0 cm³/mol. The van der Waals surface area contributed by atoms with Crippen molar-refractivity contribution in [1.82, 2.24) is 0 Å². The molecule has 0 unspecified atom stereocenters. The second-order valence-electron chi connectivity index (χ2n) is 4.85. The first-order valence-electron chi connectivity index (χ1n) is 6.30. The van der Waals surface area contributed by atoms with Gasteiger partial charge in [-0.15, -0.1) is 11.8 Å². The molecule has 0 amide bonds. The van der Waals surface area contributed by atoms with Crippen LogP contribution in [0.25, 0.3) is 0 Å². The average molecular weight is 274 g/mol. The highest BCUT2D eigenvalue weighted by atomic mass is 32.2. The molecule has 3 rings (SSSR count).